The quantitative estimate of drug-likeness (QED) is 0.923. The average molecular weight is 299 g/mol. The van der Waals surface area contributed by atoms with Gasteiger partial charge < -0.3 is 14.7 Å². The van der Waals surface area contributed by atoms with Crippen molar-refractivity contribution >= 4 is 11.9 Å². The van der Waals surface area contributed by atoms with E-state index >= 15 is 0 Å². The van der Waals surface area contributed by atoms with E-state index in [0.29, 0.717) is 0 Å². The number of benzene rings is 1. The maximum absolute atomic E-state index is 13.9. The first kappa shape index (κ1) is 15.2. The number of aliphatic carboxylic acids is 1. The molecule has 2 rings (SSSR count). The van der Waals surface area contributed by atoms with Gasteiger partial charge in [-0.2, -0.15) is 0 Å². The number of nitrogens with zero attached hydrogens (tertiary/aromatic N) is 1. The molecule has 0 saturated carbocycles. The highest BCUT2D eigenvalue weighted by molar-refractivity contribution is 5.97. The minimum atomic E-state index is -1.01. The monoisotopic (exact) mass is 299 g/mol. The van der Waals surface area contributed by atoms with Crippen molar-refractivity contribution in [3.05, 3.63) is 29.3 Å². The van der Waals surface area contributed by atoms with E-state index in [2.05, 4.69) is 0 Å². The lowest BCUT2D eigenvalue weighted by atomic mass is 9.99. The molecule has 1 aliphatic heterocycles. The Balaban J connectivity index is 2.34. The Bertz CT molecular complexity index is 591. The van der Waals surface area contributed by atoms with E-state index in [1.165, 1.54) is 4.90 Å². The number of carboxylic acid groups (broad SMARTS) is 1. The van der Waals surface area contributed by atoms with Gasteiger partial charge in [0.2, 0.25) is 0 Å². The molecule has 1 aromatic rings. The van der Waals surface area contributed by atoms with Crippen molar-refractivity contribution in [2.45, 2.75) is 6.92 Å². The van der Waals surface area contributed by atoms with E-state index in [4.69, 9.17) is 9.84 Å². The van der Waals surface area contributed by atoms with E-state index < -0.39 is 40.7 Å². The van der Waals surface area contributed by atoms with Crippen LogP contribution in [0.2, 0.25) is 0 Å². The van der Waals surface area contributed by atoms with Crippen molar-refractivity contribution in [3.63, 3.8) is 0 Å². The first-order valence-electron chi connectivity index (χ1n) is 6.40. The summed E-state index contributed by atoms with van der Waals surface area (Å²) < 4.78 is 32.2. The zero-order chi connectivity index (χ0) is 15.7. The van der Waals surface area contributed by atoms with Crippen LogP contribution < -0.4 is 4.74 Å². The van der Waals surface area contributed by atoms with Crippen LogP contribution in [0.25, 0.3) is 0 Å². The van der Waals surface area contributed by atoms with Gasteiger partial charge in [-0.05, 0) is 18.1 Å². The topological polar surface area (TPSA) is 66.8 Å². The summed E-state index contributed by atoms with van der Waals surface area (Å²) in [6.45, 7) is 1.84. The lowest BCUT2D eigenvalue weighted by Crippen LogP contribution is -2.31. The predicted octanol–water partition coefficient (Wildman–Crippen LogP) is 1.77. The maximum atomic E-state index is 13.9. The molecular formula is C14H15F2NO4. The van der Waals surface area contributed by atoms with Crippen LogP contribution in [0.15, 0.2) is 12.1 Å². The van der Waals surface area contributed by atoms with E-state index in [1.54, 1.807) is 6.92 Å². The number of ether oxygens (including phenoxy) is 1. The third-order valence-electron chi connectivity index (χ3n) is 3.69. The molecule has 1 aliphatic rings. The van der Waals surface area contributed by atoms with Crippen LogP contribution in [0, 0.1) is 23.5 Å². The zero-order valence-electron chi connectivity index (χ0n) is 11.6. The van der Waals surface area contributed by atoms with Crippen molar-refractivity contribution in [2.75, 3.05) is 20.2 Å². The SMILES string of the molecule is COc1c(F)ccc(F)c1C(=O)N1C[C@@H](C)[C@H](C(=O)O)C1. The van der Waals surface area contributed by atoms with Crippen LogP contribution in [0.3, 0.4) is 0 Å². The van der Waals surface area contributed by atoms with Gasteiger partial charge in [0, 0.05) is 13.1 Å². The Morgan fingerprint density at radius 3 is 2.43 bits per heavy atom. The fraction of sp³-hybridized carbons (Fsp3) is 0.429. The minimum absolute atomic E-state index is 0.0333. The molecule has 1 N–H and O–H groups in total. The normalized spacial score (nSPS) is 21.4. The second-order valence-corrected chi connectivity index (χ2v) is 5.07. The number of carbonyl (C=O) groups is 2. The van der Waals surface area contributed by atoms with E-state index in [1.807, 2.05) is 0 Å². The fourth-order valence-corrected chi connectivity index (χ4v) is 2.54. The molecule has 1 heterocycles. The number of rotatable bonds is 3. The van der Waals surface area contributed by atoms with E-state index in [9.17, 15) is 18.4 Å². The standard InChI is InChI=1S/C14H15F2NO4/c1-7-5-17(6-8(7)14(19)20)13(18)11-9(15)3-4-10(16)12(11)21-2/h3-4,7-8H,5-6H2,1-2H3,(H,19,20)/t7-,8-/m1/s1. The second-order valence-electron chi connectivity index (χ2n) is 5.07. The highest BCUT2D eigenvalue weighted by Gasteiger charge is 2.38. The lowest BCUT2D eigenvalue weighted by molar-refractivity contribution is -0.142. The molecule has 0 aliphatic carbocycles. The predicted molar refractivity (Wildman–Crippen MR) is 69.1 cm³/mol. The van der Waals surface area contributed by atoms with Gasteiger partial charge in [-0.1, -0.05) is 6.92 Å². The summed E-state index contributed by atoms with van der Waals surface area (Å²) in [7, 11) is 1.14. The highest BCUT2D eigenvalue weighted by Crippen LogP contribution is 2.30. The minimum Gasteiger partial charge on any atom is -0.493 e. The molecule has 1 amide bonds. The van der Waals surface area contributed by atoms with Crippen LogP contribution in [0.4, 0.5) is 8.78 Å². The van der Waals surface area contributed by atoms with Gasteiger partial charge >= 0.3 is 5.97 Å². The Hall–Kier alpha value is -2.18. The van der Waals surface area contributed by atoms with Crippen LogP contribution in [-0.2, 0) is 4.79 Å². The van der Waals surface area contributed by atoms with Crippen molar-refractivity contribution < 1.29 is 28.2 Å². The number of carbonyl (C=O) groups excluding carboxylic acids is 1. The van der Waals surface area contributed by atoms with Crippen LogP contribution in [-0.4, -0.2) is 42.1 Å². The number of amides is 1. The average Bonchev–Trinajstić information content (AvgIpc) is 2.82. The molecule has 5 nitrogen and oxygen atoms in total. The number of halogens is 2. The molecule has 1 saturated heterocycles. The van der Waals surface area contributed by atoms with Gasteiger partial charge in [-0.3, -0.25) is 9.59 Å². The summed E-state index contributed by atoms with van der Waals surface area (Å²) in [6.07, 6.45) is 0. The molecule has 0 bridgehead atoms. The van der Waals surface area contributed by atoms with Crippen LogP contribution >= 0.6 is 0 Å². The summed E-state index contributed by atoms with van der Waals surface area (Å²) in [4.78, 5) is 24.6. The van der Waals surface area contributed by atoms with E-state index in [-0.39, 0.29) is 19.0 Å². The highest BCUT2D eigenvalue weighted by atomic mass is 19.1. The van der Waals surface area contributed by atoms with Crippen LogP contribution in [0.1, 0.15) is 17.3 Å². The largest absolute Gasteiger partial charge is 0.493 e. The molecule has 1 aromatic carbocycles. The summed E-state index contributed by atoms with van der Waals surface area (Å²) in [5.41, 5.74) is -0.504. The molecule has 1 fully saturated rings. The number of methoxy groups -OCH3 is 1. The molecule has 2 atom stereocenters. The molecule has 7 heteroatoms. The van der Waals surface area contributed by atoms with Gasteiger partial charge in [0.1, 0.15) is 11.4 Å². The first-order chi connectivity index (χ1) is 9.86. The molecule has 0 unspecified atom stereocenters. The molecule has 0 spiro atoms. The number of carboxylic acids is 1. The maximum Gasteiger partial charge on any atom is 0.308 e. The van der Waals surface area contributed by atoms with Gasteiger partial charge in [0.05, 0.1) is 13.0 Å². The van der Waals surface area contributed by atoms with Gasteiger partial charge in [-0.25, -0.2) is 8.78 Å². The van der Waals surface area contributed by atoms with Crippen molar-refractivity contribution in [3.8, 4) is 5.75 Å². The Kier molecular flexibility index (Phi) is 4.11. The molecule has 0 aromatic heterocycles. The zero-order valence-corrected chi connectivity index (χ0v) is 11.6. The van der Waals surface area contributed by atoms with Crippen molar-refractivity contribution in [1.82, 2.24) is 4.90 Å². The smallest absolute Gasteiger partial charge is 0.308 e. The Labute approximate surface area is 120 Å². The third kappa shape index (κ3) is 2.68. The van der Waals surface area contributed by atoms with Gasteiger partial charge in [0.25, 0.3) is 5.91 Å². The van der Waals surface area contributed by atoms with Gasteiger partial charge in [-0.15, -0.1) is 0 Å². The number of likely N-dealkylation sites (tertiary alicyclic amines) is 1. The molecule has 114 valence electrons. The van der Waals surface area contributed by atoms with Crippen molar-refractivity contribution in [1.29, 1.82) is 0 Å². The Morgan fingerprint density at radius 2 is 1.90 bits per heavy atom. The summed E-state index contributed by atoms with van der Waals surface area (Å²) in [5, 5.41) is 9.06. The number of hydrogen-bond acceptors (Lipinski definition) is 3. The van der Waals surface area contributed by atoms with Crippen LogP contribution in [0.5, 0.6) is 5.75 Å². The lowest BCUT2D eigenvalue weighted by Gasteiger charge is -2.18. The summed E-state index contributed by atoms with van der Waals surface area (Å²) in [6, 6.07) is 1.72. The molecular weight excluding hydrogens is 284 g/mol. The van der Waals surface area contributed by atoms with Gasteiger partial charge in [0.15, 0.2) is 11.6 Å². The Morgan fingerprint density at radius 1 is 1.29 bits per heavy atom. The summed E-state index contributed by atoms with van der Waals surface area (Å²) >= 11 is 0. The first-order valence-corrected chi connectivity index (χ1v) is 6.40. The number of hydrogen-bond donors (Lipinski definition) is 1. The third-order valence-corrected chi connectivity index (χ3v) is 3.69. The fourth-order valence-electron chi connectivity index (χ4n) is 2.54. The van der Waals surface area contributed by atoms with E-state index in [0.717, 1.165) is 19.2 Å². The van der Waals surface area contributed by atoms with Crippen molar-refractivity contribution in [2.24, 2.45) is 11.8 Å². The molecule has 0 radical (unpaired) electrons. The second kappa shape index (κ2) is 5.67. The molecule has 21 heavy (non-hydrogen) atoms. The summed E-state index contributed by atoms with van der Waals surface area (Å²) in [5.74, 6) is -4.95.